The van der Waals surface area contributed by atoms with Gasteiger partial charge in [0.25, 0.3) is 0 Å². The lowest BCUT2D eigenvalue weighted by Gasteiger charge is -2.06. The van der Waals surface area contributed by atoms with Crippen LogP contribution in [0, 0.1) is 18.3 Å². The van der Waals surface area contributed by atoms with Crippen LogP contribution in [-0.2, 0) is 10.0 Å². The number of hydrogen-bond acceptors (Lipinski definition) is 3. The topological polar surface area (TPSA) is 70.0 Å². The fraction of sp³-hybridized carbons (Fsp3) is 0.364. The molecule has 5 heteroatoms. The van der Waals surface area contributed by atoms with Gasteiger partial charge >= 0.3 is 0 Å². The lowest BCUT2D eigenvalue weighted by Crippen LogP contribution is -2.24. The van der Waals surface area contributed by atoms with Crippen LogP contribution in [-0.4, -0.2) is 15.0 Å². The molecule has 0 saturated heterocycles. The van der Waals surface area contributed by atoms with Crippen LogP contribution in [0.1, 0.15) is 18.4 Å². The van der Waals surface area contributed by atoms with E-state index in [0.29, 0.717) is 19.4 Å². The molecule has 16 heavy (non-hydrogen) atoms. The highest BCUT2D eigenvalue weighted by Crippen LogP contribution is 2.10. The molecule has 0 saturated carbocycles. The van der Waals surface area contributed by atoms with Gasteiger partial charge in [-0.15, -0.1) is 0 Å². The van der Waals surface area contributed by atoms with E-state index in [4.69, 9.17) is 5.26 Å². The third-order valence-corrected chi connectivity index (χ3v) is 3.52. The van der Waals surface area contributed by atoms with Gasteiger partial charge in [-0.2, -0.15) is 5.26 Å². The maximum atomic E-state index is 11.8. The quantitative estimate of drug-likeness (QED) is 0.792. The molecular formula is C11H14N2O2S. The van der Waals surface area contributed by atoms with Crippen LogP contribution in [0.2, 0.25) is 0 Å². The van der Waals surface area contributed by atoms with Crippen molar-refractivity contribution in [2.24, 2.45) is 0 Å². The van der Waals surface area contributed by atoms with Gasteiger partial charge in [-0.05, 0) is 31.0 Å². The summed E-state index contributed by atoms with van der Waals surface area (Å²) in [5.74, 6) is 0. The molecule has 0 heterocycles. The molecule has 0 aromatic heterocycles. The number of rotatable bonds is 5. The second-order valence-electron chi connectivity index (χ2n) is 3.48. The Balaban J connectivity index is 2.68. The van der Waals surface area contributed by atoms with E-state index in [2.05, 4.69) is 4.72 Å². The second kappa shape index (κ2) is 5.64. The highest BCUT2D eigenvalue weighted by molar-refractivity contribution is 7.89. The molecular weight excluding hydrogens is 224 g/mol. The van der Waals surface area contributed by atoms with Gasteiger partial charge in [0.1, 0.15) is 0 Å². The van der Waals surface area contributed by atoms with Crippen molar-refractivity contribution in [3.05, 3.63) is 29.8 Å². The van der Waals surface area contributed by atoms with E-state index in [9.17, 15) is 8.42 Å². The van der Waals surface area contributed by atoms with Gasteiger partial charge in [0.15, 0.2) is 0 Å². The Morgan fingerprint density at radius 1 is 1.44 bits per heavy atom. The zero-order chi connectivity index (χ0) is 12.0. The molecule has 0 amide bonds. The number of nitrogens with zero attached hydrogens (tertiary/aromatic N) is 1. The fourth-order valence-corrected chi connectivity index (χ4v) is 2.42. The van der Waals surface area contributed by atoms with Gasteiger partial charge in [-0.1, -0.05) is 12.1 Å². The van der Waals surface area contributed by atoms with Gasteiger partial charge in [-0.3, -0.25) is 0 Å². The minimum atomic E-state index is -3.42. The summed E-state index contributed by atoms with van der Waals surface area (Å²) >= 11 is 0. The van der Waals surface area contributed by atoms with E-state index in [1.165, 1.54) is 0 Å². The molecule has 1 rings (SSSR count). The SMILES string of the molecule is Cc1cccc(S(=O)(=O)NCCCC#N)c1. The Bertz CT molecular complexity index is 489. The molecule has 0 aliphatic carbocycles. The molecule has 0 unspecified atom stereocenters. The molecule has 0 aliphatic heterocycles. The van der Waals surface area contributed by atoms with Crippen molar-refractivity contribution in [1.29, 1.82) is 5.26 Å². The number of aryl methyl sites for hydroxylation is 1. The van der Waals surface area contributed by atoms with Crippen LogP contribution in [0.15, 0.2) is 29.2 Å². The summed E-state index contributed by atoms with van der Waals surface area (Å²) in [5, 5.41) is 8.32. The van der Waals surface area contributed by atoms with E-state index < -0.39 is 10.0 Å². The van der Waals surface area contributed by atoms with Crippen LogP contribution in [0.5, 0.6) is 0 Å². The first-order valence-electron chi connectivity index (χ1n) is 4.99. The van der Waals surface area contributed by atoms with Crippen LogP contribution >= 0.6 is 0 Å². The van der Waals surface area contributed by atoms with Gasteiger partial charge in [0.05, 0.1) is 11.0 Å². The molecule has 4 nitrogen and oxygen atoms in total. The molecule has 0 radical (unpaired) electrons. The van der Waals surface area contributed by atoms with Crippen molar-refractivity contribution in [2.45, 2.75) is 24.7 Å². The maximum Gasteiger partial charge on any atom is 0.240 e. The molecule has 0 spiro atoms. The van der Waals surface area contributed by atoms with E-state index in [1.807, 2.05) is 19.1 Å². The summed E-state index contributed by atoms with van der Waals surface area (Å²) in [6.45, 7) is 2.14. The Kier molecular flexibility index (Phi) is 4.47. The minimum absolute atomic E-state index is 0.268. The maximum absolute atomic E-state index is 11.8. The summed E-state index contributed by atoms with van der Waals surface area (Å²) in [7, 11) is -3.42. The molecule has 0 fully saturated rings. The average molecular weight is 238 g/mol. The molecule has 0 aliphatic rings. The Morgan fingerprint density at radius 2 is 2.19 bits per heavy atom. The zero-order valence-corrected chi connectivity index (χ0v) is 9.92. The van der Waals surface area contributed by atoms with Crippen molar-refractivity contribution in [3.8, 4) is 6.07 Å². The molecule has 0 atom stereocenters. The van der Waals surface area contributed by atoms with Crippen molar-refractivity contribution in [2.75, 3.05) is 6.54 Å². The summed E-state index contributed by atoms with van der Waals surface area (Å²) in [4.78, 5) is 0.268. The molecule has 0 bridgehead atoms. The molecule has 86 valence electrons. The standard InChI is InChI=1S/C11H14N2O2S/c1-10-5-4-6-11(9-10)16(14,15)13-8-3-2-7-12/h4-6,9,13H,2-3,8H2,1H3. The second-order valence-corrected chi connectivity index (χ2v) is 5.24. The highest BCUT2D eigenvalue weighted by Gasteiger charge is 2.12. The largest absolute Gasteiger partial charge is 0.240 e. The Hall–Kier alpha value is -1.38. The summed E-state index contributed by atoms with van der Waals surface area (Å²) in [6.07, 6.45) is 0.887. The number of hydrogen-bond donors (Lipinski definition) is 1. The predicted octanol–water partition coefficient (Wildman–Crippen LogP) is 1.58. The van der Waals surface area contributed by atoms with Crippen molar-refractivity contribution in [1.82, 2.24) is 4.72 Å². The van der Waals surface area contributed by atoms with E-state index in [0.717, 1.165) is 5.56 Å². The minimum Gasteiger partial charge on any atom is -0.211 e. The van der Waals surface area contributed by atoms with Crippen LogP contribution in [0.4, 0.5) is 0 Å². The van der Waals surface area contributed by atoms with Gasteiger partial charge in [0.2, 0.25) is 10.0 Å². The first-order valence-corrected chi connectivity index (χ1v) is 6.48. The van der Waals surface area contributed by atoms with E-state index in [-0.39, 0.29) is 4.90 Å². The monoisotopic (exact) mass is 238 g/mol. The normalized spacial score (nSPS) is 11.0. The third kappa shape index (κ3) is 3.65. The summed E-state index contributed by atoms with van der Waals surface area (Å²) in [6, 6.07) is 8.69. The van der Waals surface area contributed by atoms with Crippen LogP contribution in [0.3, 0.4) is 0 Å². The smallest absolute Gasteiger partial charge is 0.211 e. The van der Waals surface area contributed by atoms with Crippen molar-refractivity contribution >= 4 is 10.0 Å². The van der Waals surface area contributed by atoms with Crippen molar-refractivity contribution in [3.63, 3.8) is 0 Å². The van der Waals surface area contributed by atoms with Gasteiger partial charge in [-0.25, -0.2) is 13.1 Å². The van der Waals surface area contributed by atoms with Crippen molar-refractivity contribution < 1.29 is 8.42 Å². The van der Waals surface area contributed by atoms with Gasteiger partial charge in [0, 0.05) is 13.0 Å². The number of nitrogens with one attached hydrogen (secondary N) is 1. The average Bonchev–Trinajstić information content (AvgIpc) is 2.24. The Morgan fingerprint density at radius 3 is 2.81 bits per heavy atom. The zero-order valence-electron chi connectivity index (χ0n) is 9.10. The first-order chi connectivity index (χ1) is 7.56. The lowest BCUT2D eigenvalue weighted by atomic mass is 10.2. The lowest BCUT2D eigenvalue weighted by molar-refractivity contribution is 0.579. The molecule has 1 aromatic rings. The predicted molar refractivity (Wildman–Crippen MR) is 61.2 cm³/mol. The van der Waals surface area contributed by atoms with E-state index in [1.54, 1.807) is 18.2 Å². The summed E-state index contributed by atoms with van der Waals surface area (Å²) < 4.78 is 26.0. The van der Waals surface area contributed by atoms with Gasteiger partial charge < -0.3 is 0 Å². The summed E-state index contributed by atoms with van der Waals surface area (Å²) in [5.41, 5.74) is 0.903. The van der Waals surface area contributed by atoms with Crippen LogP contribution < -0.4 is 4.72 Å². The molecule has 1 aromatic carbocycles. The first kappa shape index (κ1) is 12.7. The fourth-order valence-electron chi connectivity index (χ4n) is 1.24. The number of benzene rings is 1. The van der Waals surface area contributed by atoms with E-state index >= 15 is 0 Å². The highest BCUT2D eigenvalue weighted by atomic mass is 32.2. The number of nitriles is 1. The van der Waals surface area contributed by atoms with Crippen LogP contribution in [0.25, 0.3) is 0 Å². The Labute approximate surface area is 96.0 Å². The number of unbranched alkanes of at least 4 members (excludes halogenated alkanes) is 1. The molecule has 1 N–H and O–H groups in total. The third-order valence-electron chi connectivity index (χ3n) is 2.06. The number of sulfonamides is 1.